The van der Waals surface area contributed by atoms with Crippen LogP contribution in [0.15, 0.2) is 0 Å². The molecule has 0 fully saturated rings. The van der Waals surface area contributed by atoms with Gasteiger partial charge in [-0.1, -0.05) is 0 Å². The molecule has 0 aromatic carbocycles. The average Bonchev–Trinajstić information content (AvgIpc) is 1.68. The molecule has 0 aromatic heterocycles. The number of carboxylic acids is 1. The lowest BCUT2D eigenvalue weighted by Crippen LogP contribution is -2.06. The summed E-state index contributed by atoms with van der Waals surface area (Å²) in [4.78, 5) is 9.62. The van der Waals surface area contributed by atoms with Crippen LogP contribution in [0.4, 0.5) is 0 Å². The van der Waals surface area contributed by atoms with E-state index in [9.17, 15) is 4.79 Å². The zero-order valence-electron chi connectivity index (χ0n) is 4.98. The van der Waals surface area contributed by atoms with Crippen molar-refractivity contribution in [2.24, 2.45) is 0 Å². The van der Waals surface area contributed by atoms with Crippen LogP contribution in [0.2, 0.25) is 0 Å². The topological polar surface area (TPSA) is 37.3 Å². The molecule has 0 heterocycles. The van der Waals surface area contributed by atoms with Crippen molar-refractivity contribution in [2.45, 2.75) is 12.2 Å². The van der Waals surface area contributed by atoms with Crippen molar-refractivity contribution in [1.82, 2.24) is 0 Å². The molecule has 2 nitrogen and oxygen atoms in total. The van der Waals surface area contributed by atoms with E-state index in [1.807, 2.05) is 0 Å². The molecule has 0 aliphatic carbocycles. The number of rotatable bonds is 1. The van der Waals surface area contributed by atoms with Gasteiger partial charge in [0.2, 0.25) is 0 Å². The second-order valence-electron chi connectivity index (χ2n) is 1.16. The largest absolute Gasteiger partial charge is 0.480 e. The van der Waals surface area contributed by atoms with Crippen LogP contribution in [-0.4, -0.2) is 21.4 Å². The summed E-state index contributed by atoms with van der Waals surface area (Å²) in [5.41, 5.74) is 0. The van der Waals surface area contributed by atoms with E-state index >= 15 is 0 Å². The van der Waals surface area contributed by atoms with E-state index < -0.39 is 11.2 Å². The monoisotopic (exact) mass is 186 g/mol. The van der Waals surface area contributed by atoms with Crippen LogP contribution in [0.25, 0.3) is 0 Å². The number of carboxylic acid groups (broad SMARTS) is 1. The lowest BCUT2D eigenvalue weighted by molar-refractivity contribution is -0.136. The van der Waals surface area contributed by atoms with Gasteiger partial charge in [-0.3, -0.25) is 4.79 Å². The van der Waals surface area contributed by atoms with Gasteiger partial charge in [-0.15, -0.1) is 0 Å². The van der Waals surface area contributed by atoms with E-state index in [1.165, 1.54) is 6.92 Å². The van der Waals surface area contributed by atoms with Crippen LogP contribution in [0.3, 0.4) is 0 Å². The maximum absolute atomic E-state index is 9.62. The number of aliphatic carboxylic acids is 1. The Hall–Kier alpha value is 0.520. The van der Waals surface area contributed by atoms with Crippen LogP contribution in [0.1, 0.15) is 6.92 Å². The molecule has 0 aliphatic rings. The molecular weight excluding hydrogens is 176 g/mol. The second kappa shape index (κ2) is 8.52. The Balaban J connectivity index is 0. The maximum atomic E-state index is 9.62. The fourth-order valence-electron chi connectivity index (χ4n) is 0. The number of carbonyl (C=O) groups is 1. The van der Waals surface area contributed by atoms with Crippen molar-refractivity contribution < 1.29 is 9.90 Å². The average molecular weight is 186 g/mol. The van der Waals surface area contributed by atoms with Crippen LogP contribution in [-0.2, 0) is 4.79 Å². The standard InChI is InChI=1S/C3H6O2S.CH4S2/c1-2(6)3(4)5;2-1-3/h2,6H,1H3,(H,4,5);2-3H,1H2. The van der Waals surface area contributed by atoms with Gasteiger partial charge in [0.05, 0.1) is 5.25 Å². The molecule has 1 atom stereocenters. The third-order valence-electron chi connectivity index (χ3n) is 0.357. The maximum Gasteiger partial charge on any atom is 0.316 e. The quantitative estimate of drug-likeness (QED) is 0.367. The van der Waals surface area contributed by atoms with Crippen LogP contribution in [0, 0.1) is 0 Å². The number of hydrogen-bond acceptors (Lipinski definition) is 4. The Morgan fingerprint density at radius 1 is 1.67 bits per heavy atom. The van der Waals surface area contributed by atoms with Crippen molar-refractivity contribution in [3.63, 3.8) is 0 Å². The van der Waals surface area contributed by atoms with Gasteiger partial charge in [0.1, 0.15) is 0 Å². The normalized spacial score (nSPS) is 11.1. The molecule has 56 valence electrons. The minimum absolute atomic E-state index is 0.537. The Morgan fingerprint density at radius 3 is 1.78 bits per heavy atom. The highest BCUT2D eigenvalue weighted by Gasteiger charge is 2.00. The molecule has 5 heteroatoms. The SMILES string of the molecule is CC(S)C(=O)O.SCS. The molecular formula is C4H10O2S3. The molecule has 9 heavy (non-hydrogen) atoms. The van der Waals surface area contributed by atoms with Gasteiger partial charge < -0.3 is 5.11 Å². The zero-order chi connectivity index (χ0) is 7.86. The van der Waals surface area contributed by atoms with Crippen LogP contribution in [0.5, 0.6) is 0 Å². The van der Waals surface area contributed by atoms with Crippen LogP contribution >= 0.6 is 37.9 Å². The smallest absolute Gasteiger partial charge is 0.316 e. The summed E-state index contributed by atoms with van der Waals surface area (Å²) in [6, 6.07) is 0. The highest BCUT2D eigenvalue weighted by atomic mass is 32.2. The first-order valence-electron chi connectivity index (χ1n) is 2.18. The highest BCUT2D eigenvalue weighted by molar-refractivity contribution is 7.98. The van der Waals surface area contributed by atoms with E-state index in [2.05, 4.69) is 37.9 Å². The lowest BCUT2D eigenvalue weighted by Gasteiger charge is -1.88. The number of hydrogen-bond donors (Lipinski definition) is 4. The predicted octanol–water partition coefficient (Wildman–Crippen LogP) is 1.19. The van der Waals surface area contributed by atoms with Gasteiger partial charge in [-0.05, 0) is 6.92 Å². The summed E-state index contributed by atoms with van der Waals surface area (Å²) in [5, 5.41) is 8.02. The summed E-state index contributed by atoms with van der Waals surface area (Å²) in [6.07, 6.45) is 0. The molecule has 0 rings (SSSR count). The summed E-state index contributed by atoms with van der Waals surface area (Å²) < 4.78 is 0. The van der Waals surface area contributed by atoms with Crippen molar-refractivity contribution in [2.75, 3.05) is 5.08 Å². The van der Waals surface area contributed by atoms with Crippen molar-refractivity contribution in [3.8, 4) is 0 Å². The Morgan fingerprint density at radius 2 is 1.78 bits per heavy atom. The Bertz CT molecular complexity index is 74.2. The van der Waals surface area contributed by atoms with E-state index in [0.717, 1.165) is 0 Å². The third-order valence-corrected chi connectivity index (χ3v) is 0.578. The molecule has 0 aliphatic heterocycles. The summed E-state index contributed by atoms with van der Waals surface area (Å²) in [7, 11) is 0. The summed E-state index contributed by atoms with van der Waals surface area (Å²) in [5.74, 6) is -0.877. The second-order valence-corrected chi connectivity index (χ2v) is 3.06. The molecule has 1 unspecified atom stereocenters. The van der Waals surface area contributed by atoms with E-state index in [-0.39, 0.29) is 0 Å². The fourth-order valence-corrected chi connectivity index (χ4v) is 0. The zero-order valence-corrected chi connectivity index (χ0v) is 7.66. The molecule has 0 aromatic rings. The molecule has 1 N–H and O–H groups in total. The van der Waals surface area contributed by atoms with E-state index in [1.54, 1.807) is 0 Å². The third kappa shape index (κ3) is 17.7. The van der Waals surface area contributed by atoms with Gasteiger partial charge in [-0.2, -0.15) is 37.9 Å². The minimum atomic E-state index is -0.877. The first-order valence-corrected chi connectivity index (χ1v) is 3.97. The minimum Gasteiger partial charge on any atom is -0.480 e. The fraction of sp³-hybridized carbons (Fsp3) is 0.750. The van der Waals surface area contributed by atoms with Crippen LogP contribution < -0.4 is 0 Å². The molecule has 0 amide bonds. The van der Waals surface area contributed by atoms with Gasteiger partial charge >= 0.3 is 5.97 Å². The van der Waals surface area contributed by atoms with Gasteiger partial charge in [0, 0.05) is 5.08 Å². The Labute approximate surface area is 71.3 Å². The van der Waals surface area contributed by atoms with Gasteiger partial charge in [0.15, 0.2) is 0 Å². The number of thiol groups is 3. The van der Waals surface area contributed by atoms with Crippen molar-refractivity contribution in [3.05, 3.63) is 0 Å². The van der Waals surface area contributed by atoms with Crippen molar-refractivity contribution in [1.29, 1.82) is 0 Å². The lowest BCUT2D eigenvalue weighted by atomic mass is 10.5. The molecule has 0 saturated carbocycles. The van der Waals surface area contributed by atoms with E-state index in [0.29, 0.717) is 5.08 Å². The molecule has 0 bridgehead atoms. The molecule has 0 spiro atoms. The molecule has 0 saturated heterocycles. The predicted molar refractivity (Wildman–Crippen MR) is 48.9 cm³/mol. The van der Waals surface area contributed by atoms with E-state index in [4.69, 9.17) is 5.11 Å². The van der Waals surface area contributed by atoms with Crippen molar-refractivity contribution >= 4 is 43.9 Å². The first-order chi connectivity index (χ1) is 4.06. The highest BCUT2D eigenvalue weighted by Crippen LogP contribution is 1.88. The summed E-state index contributed by atoms with van der Waals surface area (Å²) in [6.45, 7) is 1.51. The van der Waals surface area contributed by atoms with Gasteiger partial charge in [0.25, 0.3) is 0 Å². The summed E-state index contributed by atoms with van der Waals surface area (Å²) >= 11 is 10.9. The van der Waals surface area contributed by atoms with Gasteiger partial charge in [-0.25, -0.2) is 0 Å². The molecule has 0 radical (unpaired) electrons. The first kappa shape index (κ1) is 12.2. The Kier molecular flexibility index (Phi) is 11.6.